The first-order chi connectivity index (χ1) is 15.5. The highest BCUT2D eigenvalue weighted by Gasteiger charge is 2.59. The summed E-state index contributed by atoms with van der Waals surface area (Å²) in [6.07, 6.45) is -0.990. The fraction of sp³-hybridized carbons (Fsp3) is 0.167. The number of nitro groups is 1. The number of carbonyl (C=O) groups is 2. The van der Waals surface area contributed by atoms with Crippen molar-refractivity contribution in [1.29, 1.82) is 0 Å². The number of fused-ring (bicyclic) bond motifs is 1. The van der Waals surface area contributed by atoms with Crippen LogP contribution in [0.3, 0.4) is 0 Å². The second-order valence-corrected chi connectivity index (χ2v) is 7.76. The first kappa shape index (κ1) is 19.9. The second-order valence-electron chi connectivity index (χ2n) is 7.76. The summed E-state index contributed by atoms with van der Waals surface area (Å²) in [7, 11) is 0. The molecule has 5 rings (SSSR count). The molecule has 2 amide bonds. The van der Waals surface area contributed by atoms with Gasteiger partial charge in [-0.3, -0.25) is 29.4 Å². The third kappa shape index (κ3) is 3.30. The Morgan fingerprint density at radius 1 is 0.875 bits per heavy atom. The number of rotatable bonds is 5. The molecule has 0 radical (unpaired) electrons. The van der Waals surface area contributed by atoms with Gasteiger partial charge in [-0.1, -0.05) is 60.7 Å². The zero-order valence-electron chi connectivity index (χ0n) is 16.9. The van der Waals surface area contributed by atoms with Crippen LogP contribution < -0.4 is 5.06 Å². The molecule has 0 bridgehead atoms. The van der Waals surface area contributed by atoms with Gasteiger partial charge in [0, 0.05) is 12.1 Å². The van der Waals surface area contributed by atoms with Crippen molar-refractivity contribution in [3.05, 3.63) is 106 Å². The maximum absolute atomic E-state index is 13.4. The zero-order chi connectivity index (χ0) is 22.2. The van der Waals surface area contributed by atoms with E-state index in [9.17, 15) is 19.7 Å². The van der Waals surface area contributed by atoms with E-state index in [1.807, 2.05) is 60.7 Å². The van der Waals surface area contributed by atoms with Gasteiger partial charge in [0.1, 0.15) is 5.92 Å². The SMILES string of the molecule is O=C1[C@@H]2[C@@H](ON(c3ccccc3)[C@H]2c2cccc([N+](=O)[O-])c2)C(=O)N1Cc1ccccc1. The fourth-order valence-corrected chi connectivity index (χ4v) is 4.35. The molecule has 2 heterocycles. The summed E-state index contributed by atoms with van der Waals surface area (Å²) in [5.74, 6) is -1.56. The van der Waals surface area contributed by atoms with Crippen molar-refractivity contribution in [2.45, 2.75) is 18.7 Å². The summed E-state index contributed by atoms with van der Waals surface area (Å²) < 4.78 is 0. The van der Waals surface area contributed by atoms with Crippen LogP contribution in [0.1, 0.15) is 17.2 Å². The van der Waals surface area contributed by atoms with E-state index in [1.165, 1.54) is 22.1 Å². The normalized spacial score (nSPS) is 22.3. The molecular formula is C24H19N3O5. The van der Waals surface area contributed by atoms with Crippen LogP contribution in [0.25, 0.3) is 0 Å². The fourth-order valence-electron chi connectivity index (χ4n) is 4.35. The van der Waals surface area contributed by atoms with E-state index in [0.717, 1.165) is 5.56 Å². The Bertz CT molecular complexity index is 1180. The summed E-state index contributed by atoms with van der Waals surface area (Å²) in [6.45, 7) is 0.155. The molecule has 2 fully saturated rings. The molecule has 8 nitrogen and oxygen atoms in total. The number of nitrogens with zero attached hydrogens (tertiary/aromatic N) is 3. The zero-order valence-corrected chi connectivity index (χ0v) is 16.9. The van der Waals surface area contributed by atoms with E-state index in [0.29, 0.717) is 11.3 Å². The van der Waals surface area contributed by atoms with Gasteiger partial charge in [0.05, 0.1) is 23.2 Å². The number of likely N-dealkylation sites (tertiary alicyclic amines) is 1. The van der Waals surface area contributed by atoms with E-state index in [1.54, 1.807) is 12.1 Å². The molecule has 0 aromatic heterocycles. The lowest BCUT2D eigenvalue weighted by Gasteiger charge is -2.28. The summed E-state index contributed by atoms with van der Waals surface area (Å²) in [5.41, 5.74) is 1.95. The topological polar surface area (TPSA) is 93.0 Å². The van der Waals surface area contributed by atoms with Gasteiger partial charge < -0.3 is 0 Å². The van der Waals surface area contributed by atoms with E-state index in [-0.39, 0.29) is 18.1 Å². The van der Waals surface area contributed by atoms with Crippen molar-refractivity contribution in [3.8, 4) is 0 Å². The molecule has 160 valence electrons. The van der Waals surface area contributed by atoms with Crippen LogP contribution in [0.15, 0.2) is 84.9 Å². The number of benzene rings is 3. The van der Waals surface area contributed by atoms with Gasteiger partial charge >= 0.3 is 0 Å². The standard InChI is InChI=1S/C24H19N3O5/c28-23-20-21(17-10-7-13-19(14-17)27(30)31)26(18-11-5-2-6-12-18)32-22(20)24(29)25(23)15-16-8-3-1-4-9-16/h1-14,20-22H,15H2/t20-,21-,22+/m0/s1. The summed E-state index contributed by atoms with van der Waals surface area (Å²) >= 11 is 0. The van der Waals surface area contributed by atoms with Crippen molar-refractivity contribution >= 4 is 23.2 Å². The van der Waals surface area contributed by atoms with Crippen LogP contribution in [0.4, 0.5) is 11.4 Å². The molecule has 2 aliphatic rings. The number of hydrogen-bond acceptors (Lipinski definition) is 6. The second kappa shape index (κ2) is 7.90. The number of amides is 2. The number of nitro benzene ring substituents is 1. The van der Waals surface area contributed by atoms with Crippen LogP contribution in [0.5, 0.6) is 0 Å². The molecule has 0 spiro atoms. The Kier molecular flexibility index (Phi) is 4.91. The van der Waals surface area contributed by atoms with E-state index < -0.39 is 28.9 Å². The van der Waals surface area contributed by atoms with Crippen LogP contribution in [0, 0.1) is 16.0 Å². The highest BCUT2D eigenvalue weighted by molar-refractivity contribution is 6.07. The van der Waals surface area contributed by atoms with Crippen LogP contribution >= 0.6 is 0 Å². The average Bonchev–Trinajstić information content (AvgIpc) is 3.32. The Morgan fingerprint density at radius 2 is 1.56 bits per heavy atom. The number of hydroxylamine groups is 1. The van der Waals surface area contributed by atoms with Crippen molar-refractivity contribution in [2.24, 2.45) is 5.92 Å². The van der Waals surface area contributed by atoms with E-state index >= 15 is 0 Å². The van der Waals surface area contributed by atoms with Gasteiger partial charge in [0.25, 0.3) is 11.6 Å². The van der Waals surface area contributed by atoms with Crippen LogP contribution in [0.2, 0.25) is 0 Å². The predicted molar refractivity (Wildman–Crippen MR) is 115 cm³/mol. The van der Waals surface area contributed by atoms with Gasteiger partial charge in [-0.15, -0.1) is 0 Å². The largest absolute Gasteiger partial charge is 0.275 e. The minimum atomic E-state index is -0.990. The van der Waals surface area contributed by atoms with E-state index in [4.69, 9.17) is 4.84 Å². The Morgan fingerprint density at radius 3 is 2.25 bits per heavy atom. The third-order valence-corrected chi connectivity index (χ3v) is 5.82. The average molecular weight is 429 g/mol. The number of non-ortho nitro benzene ring substituents is 1. The minimum Gasteiger partial charge on any atom is -0.275 e. The highest BCUT2D eigenvalue weighted by atomic mass is 16.7. The molecule has 2 aliphatic heterocycles. The summed E-state index contributed by atoms with van der Waals surface area (Å²) in [5, 5.41) is 12.9. The first-order valence-electron chi connectivity index (χ1n) is 10.2. The Balaban J connectivity index is 1.55. The molecule has 2 saturated heterocycles. The summed E-state index contributed by atoms with van der Waals surface area (Å²) in [6, 6.07) is 23.8. The molecule has 32 heavy (non-hydrogen) atoms. The van der Waals surface area contributed by atoms with Crippen molar-refractivity contribution in [1.82, 2.24) is 4.90 Å². The molecule has 8 heteroatoms. The number of para-hydroxylation sites is 1. The van der Waals surface area contributed by atoms with Crippen molar-refractivity contribution in [2.75, 3.05) is 5.06 Å². The third-order valence-electron chi connectivity index (χ3n) is 5.82. The predicted octanol–water partition coefficient (Wildman–Crippen LogP) is 3.64. The minimum absolute atomic E-state index is 0.0862. The van der Waals surface area contributed by atoms with Gasteiger partial charge in [-0.05, 0) is 23.3 Å². The van der Waals surface area contributed by atoms with Crippen LogP contribution in [-0.4, -0.2) is 27.7 Å². The molecule has 3 aromatic carbocycles. The van der Waals surface area contributed by atoms with Gasteiger partial charge in [0.15, 0.2) is 6.10 Å². The maximum atomic E-state index is 13.4. The first-order valence-corrected chi connectivity index (χ1v) is 10.2. The lowest BCUT2D eigenvalue weighted by atomic mass is 9.90. The Labute approximate surface area is 183 Å². The molecule has 0 N–H and O–H groups in total. The molecular weight excluding hydrogens is 410 g/mol. The number of imide groups is 1. The number of anilines is 1. The molecule has 0 unspecified atom stereocenters. The van der Waals surface area contributed by atoms with Crippen molar-refractivity contribution in [3.63, 3.8) is 0 Å². The van der Waals surface area contributed by atoms with Gasteiger partial charge in [0.2, 0.25) is 5.91 Å². The lowest BCUT2D eigenvalue weighted by Crippen LogP contribution is -2.36. The smallest absolute Gasteiger partial charge is 0.269 e. The molecule has 3 aromatic rings. The maximum Gasteiger partial charge on any atom is 0.269 e. The molecule has 0 aliphatic carbocycles. The quantitative estimate of drug-likeness (QED) is 0.349. The number of hydrogen-bond donors (Lipinski definition) is 0. The lowest BCUT2D eigenvalue weighted by molar-refractivity contribution is -0.384. The summed E-state index contributed by atoms with van der Waals surface area (Å²) in [4.78, 5) is 44.8. The molecule has 3 atom stereocenters. The van der Waals surface area contributed by atoms with Gasteiger partial charge in [-0.25, -0.2) is 5.06 Å². The molecule has 0 saturated carbocycles. The van der Waals surface area contributed by atoms with Gasteiger partial charge in [-0.2, -0.15) is 0 Å². The van der Waals surface area contributed by atoms with Crippen molar-refractivity contribution < 1.29 is 19.3 Å². The van der Waals surface area contributed by atoms with E-state index in [2.05, 4.69) is 0 Å². The Hall–Kier alpha value is -4.04. The number of carbonyl (C=O) groups excluding carboxylic acids is 2. The monoisotopic (exact) mass is 429 g/mol. The highest BCUT2D eigenvalue weighted by Crippen LogP contribution is 2.47. The van der Waals surface area contributed by atoms with Crippen LogP contribution in [-0.2, 0) is 21.0 Å².